The van der Waals surface area contributed by atoms with Gasteiger partial charge in [0.2, 0.25) is 0 Å². The summed E-state index contributed by atoms with van der Waals surface area (Å²) in [6, 6.07) is 13.0. The predicted octanol–water partition coefficient (Wildman–Crippen LogP) is 6.14. The molecule has 0 spiro atoms. The molecule has 6 nitrogen and oxygen atoms in total. The van der Waals surface area contributed by atoms with E-state index in [1.165, 1.54) is 0 Å². The standard InChI is InChI=1S/C26H31N5O/c1-5-8-9-10-17-31(26(32)30-24(12-6-2)28-7-3)25-20(4)15-16-23(29-25)22-14-11-13-21(18-22)19-27/h6-7,11-16,18H,2,5,8-10,17H2,1,3-4H3,(H,30,32)/b24-12+,28-7?. The van der Waals surface area contributed by atoms with E-state index in [2.05, 4.69) is 29.9 Å². The number of aliphatic imine (C=N–C) groups is 1. The van der Waals surface area contributed by atoms with Crippen molar-refractivity contribution >= 4 is 18.1 Å². The molecule has 0 bridgehead atoms. The van der Waals surface area contributed by atoms with Gasteiger partial charge in [0.25, 0.3) is 0 Å². The van der Waals surface area contributed by atoms with Gasteiger partial charge in [-0.3, -0.25) is 10.2 Å². The molecule has 1 N–H and O–H groups in total. The number of unbranched alkanes of at least 4 members (excludes halogenated alkanes) is 3. The smallest absolute Gasteiger partial charge is 0.292 e. The molecule has 166 valence electrons. The molecule has 1 heterocycles. The molecule has 0 aliphatic heterocycles. The number of allylic oxidation sites excluding steroid dienone is 2. The van der Waals surface area contributed by atoms with Gasteiger partial charge in [0, 0.05) is 18.3 Å². The zero-order valence-electron chi connectivity index (χ0n) is 19.1. The SMILES string of the molecule is C=C/C=C(\N=CC)NC(=O)N(CCCCCC)c1nc(-c2cccc(C#N)c2)ccc1C. The largest absolute Gasteiger partial charge is 0.328 e. The van der Waals surface area contributed by atoms with Crippen LogP contribution in [0.2, 0.25) is 0 Å². The van der Waals surface area contributed by atoms with Crippen LogP contribution in [0.5, 0.6) is 0 Å². The Balaban J connectivity index is 2.43. The summed E-state index contributed by atoms with van der Waals surface area (Å²) in [6.45, 7) is 10.1. The maximum absolute atomic E-state index is 13.3. The van der Waals surface area contributed by atoms with E-state index in [1.54, 1.807) is 42.3 Å². The number of amides is 2. The summed E-state index contributed by atoms with van der Waals surface area (Å²) in [5, 5.41) is 12.1. The van der Waals surface area contributed by atoms with Gasteiger partial charge in [0.05, 0.1) is 17.3 Å². The molecule has 32 heavy (non-hydrogen) atoms. The summed E-state index contributed by atoms with van der Waals surface area (Å²) in [5.74, 6) is 1.01. The average molecular weight is 430 g/mol. The van der Waals surface area contributed by atoms with Crippen LogP contribution < -0.4 is 10.2 Å². The molecular weight excluding hydrogens is 398 g/mol. The first-order valence-electron chi connectivity index (χ1n) is 10.9. The minimum atomic E-state index is -0.293. The second-order valence-corrected chi connectivity index (χ2v) is 7.35. The molecule has 2 amide bonds. The van der Waals surface area contributed by atoms with Gasteiger partial charge in [-0.25, -0.2) is 14.8 Å². The lowest BCUT2D eigenvalue weighted by Gasteiger charge is -2.24. The lowest BCUT2D eigenvalue weighted by Crippen LogP contribution is -2.41. The first-order valence-corrected chi connectivity index (χ1v) is 10.9. The van der Waals surface area contributed by atoms with Crippen LogP contribution in [-0.4, -0.2) is 23.8 Å². The molecule has 0 unspecified atom stereocenters. The van der Waals surface area contributed by atoms with E-state index in [9.17, 15) is 10.1 Å². The average Bonchev–Trinajstić information content (AvgIpc) is 2.80. The summed E-state index contributed by atoms with van der Waals surface area (Å²) in [4.78, 5) is 23.9. The molecule has 6 heteroatoms. The van der Waals surface area contributed by atoms with Crippen LogP contribution in [0.1, 0.15) is 50.7 Å². The summed E-state index contributed by atoms with van der Waals surface area (Å²) >= 11 is 0. The van der Waals surface area contributed by atoms with Gasteiger partial charge in [0.1, 0.15) is 11.6 Å². The highest BCUT2D eigenvalue weighted by Crippen LogP contribution is 2.25. The van der Waals surface area contributed by atoms with Crippen molar-refractivity contribution in [2.75, 3.05) is 11.4 Å². The summed E-state index contributed by atoms with van der Waals surface area (Å²) in [5.41, 5.74) is 3.00. The first kappa shape index (κ1) is 24.5. The van der Waals surface area contributed by atoms with Crippen molar-refractivity contribution < 1.29 is 4.79 Å². The zero-order chi connectivity index (χ0) is 23.3. The molecule has 0 aliphatic rings. The molecule has 1 aromatic carbocycles. The molecule has 0 saturated heterocycles. The lowest BCUT2D eigenvalue weighted by atomic mass is 10.1. The number of hydrogen-bond acceptors (Lipinski definition) is 4. The Hall–Kier alpha value is -3.72. The molecule has 2 rings (SSSR count). The van der Waals surface area contributed by atoms with E-state index in [4.69, 9.17) is 4.98 Å². The molecule has 0 radical (unpaired) electrons. The van der Waals surface area contributed by atoms with Crippen molar-refractivity contribution in [1.29, 1.82) is 5.26 Å². The van der Waals surface area contributed by atoms with Gasteiger partial charge >= 0.3 is 6.03 Å². The number of benzene rings is 1. The van der Waals surface area contributed by atoms with E-state index < -0.39 is 0 Å². The van der Waals surface area contributed by atoms with Crippen molar-refractivity contribution in [3.8, 4) is 17.3 Å². The van der Waals surface area contributed by atoms with E-state index >= 15 is 0 Å². The topological polar surface area (TPSA) is 81.4 Å². The van der Waals surface area contributed by atoms with Crippen molar-refractivity contribution in [2.45, 2.75) is 46.5 Å². The third kappa shape index (κ3) is 6.92. The fraction of sp³-hybridized carbons (Fsp3) is 0.308. The molecule has 0 atom stereocenters. The second-order valence-electron chi connectivity index (χ2n) is 7.35. The van der Waals surface area contributed by atoms with Crippen molar-refractivity contribution in [2.24, 2.45) is 4.99 Å². The number of pyridine rings is 1. The van der Waals surface area contributed by atoms with Gasteiger partial charge in [-0.05, 0) is 50.1 Å². The van der Waals surface area contributed by atoms with E-state index in [0.29, 0.717) is 29.4 Å². The number of aromatic nitrogens is 1. The molecule has 1 aromatic heterocycles. The molecule has 2 aromatic rings. The number of nitrogens with one attached hydrogen (secondary N) is 1. The third-order valence-corrected chi connectivity index (χ3v) is 4.87. The highest BCUT2D eigenvalue weighted by molar-refractivity contribution is 5.93. The lowest BCUT2D eigenvalue weighted by molar-refractivity contribution is 0.248. The van der Waals surface area contributed by atoms with Crippen molar-refractivity contribution in [3.05, 3.63) is 72.1 Å². The van der Waals surface area contributed by atoms with Crippen LogP contribution in [0.15, 0.2) is 65.9 Å². The highest BCUT2D eigenvalue weighted by Gasteiger charge is 2.20. The van der Waals surface area contributed by atoms with Crippen LogP contribution >= 0.6 is 0 Å². The number of hydrogen-bond donors (Lipinski definition) is 1. The summed E-state index contributed by atoms with van der Waals surface area (Å²) in [7, 11) is 0. The van der Waals surface area contributed by atoms with Gasteiger partial charge in [-0.15, -0.1) is 0 Å². The Morgan fingerprint density at radius 3 is 2.78 bits per heavy atom. The van der Waals surface area contributed by atoms with Crippen LogP contribution in [-0.2, 0) is 0 Å². The van der Waals surface area contributed by atoms with Crippen molar-refractivity contribution in [3.63, 3.8) is 0 Å². The maximum Gasteiger partial charge on any atom is 0.328 e. The first-order chi connectivity index (χ1) is 15.5. The third-order valence-electron chi connectivity index (χ3n) is 4.87. The van der Waals surface area contributed by atoms with Crippen LogP contribution in [0.3, 0.4) is 0 Å². The zero-order valence-corrected chi connectivity index (χ0v) is 19.1. The number of anilines is 1. The number of carbonyl (C=O) groups is 1. The number of urea groups is 1. The minimum absolute atomic E-state index is 0.293. The summed E-state index contributed by atoms with van der Waals surface area (Å²) < 4.78 is 0. The Bertz CT molecular complexity index is 1030. The fourth-order valence-corrected chi connectivity index (χ4v) is 3.25. The predicted molar refractivity (Wildman–Crippen MR) is 132 cm³/mol. The highest BCUT2D eigenvalue weighted by atomic mass is 16.2. The number of aryl methyl sites for hydroxylation is 1. The Labute approximate surface area is 191 Å². The van der Waals surface area contributed by atoms with Gasteiger partial charge in [0.15, 0.2) is 0 Å². The van der Waals surface area contributed by atoms with E-state index in [1.807, 2.05) is 31.2 Å². The van der Waals surface area contributed by atoms with Gasteiger partial charge < -0.3 is 0 Å². The van der Waals surface area contributed by atoms with Crippen molar-refractivity contribution in [1.82, 2.24) is 10.3 Å². The van der Waals surface area contributed by atoms with Gasteiger partial charge in [-0.1, -0.05) is 57.0 Å². The molecule has 0 aliphatic carbocycles. The number of carbonyl (C=O) groups excluding carboxylic acids is 1. The molecule has 0 saturated carbocycles. The maximum atomic E-state index is 13.3. The van der Waals surface area contributed by atoms with Crippen LogP contribution in [0.25, 0.3) is 11.3 Å². The number of rotatable bonds is 10. The number of nitrogens with zero attached hydrogens (tertiary/aromatic N) is 4. The van der Waals surface area contributed by atoms with Crippen LogP contribution in [0.4, 0.5) is 10.6 Å². The van der Waals surface area contributed by atoms with E-state index in [-0.39, 0.29) is 6.03 Å². The normalized spacial score (nSPS) is 11.2. The Morgan fingerprint density at radius 2 is 2.09 bits per heavy atom. The molecular formula is C26H31N5O. The Morgan fingerprint density at radius 1 is 1.28 bits per heavy atom. The second kappa shape index (κ2) is 12.9. The fourth-order valence-electron chi connectivity index (χ4n) is 3.25. The monoisotopic (exact) mass is 429 g/mol. The van der Waals surface area contributed by atoms with Gasteiger partial charge in [-0.2, -0.15) is 5.26 Å². The Kier molecular flexibility index (Phi) is 9.86. The molecule has 0 fully saturated rings. The van der Waals surface area contributed by atoms with E-state index in [0.717, 1.165) is 36.8 Å². The van der Waals surface area contributed by atoms with Crippen LogP contribution in [0, 0.1) is 18.3 Å². The summed E-state index contributed by atoms with van der Waals surface area (Å²) in [6.07, 6.45) is 8.99. The quantitative estimate of drug-likeness (QED) is 0.280. The minimum Gasteiger partial charge on any atom is -0.292 e. The number of nitriles is 1.